The minimum atomic E-state index is -1.11. The highest BCUT2D eigenvalue weighted by molar-refractivity contribution is 9.10. The number of nitrogens with two attached hydrogens (primary N) is 1. The number of aliphatic carboxylic acids is 1. The Morgan fingerprint density at radius 2 is 2.28 bits per heavy atom. The Balaban J connectivity index is 2.64. The van der Waals surface area contributed by atoms with Gasteiger partial charge in [0.25, 0.3) is 5.69 Å². The number of halogens is 1. The summed E-state index contributed by atoms with van der Waals surface area (Å²) < 4.78 is 5.81. The van der Waals surface area contributed by atoms with E-state index in [1.807, 2.05) is 0 Å². The van der Waals surface area contributed by atoms with Gasteiger partial charge < -0.3 is 15.6 Å². The summed E-state index contributed by atoms with van der Waals surface area (Å²) in [5.41, 5.74) is 5.20. The van der Waals surface area contributed by atoms with Crippen LogP contribution >= 0.6 is 15.9 Å². The first-order valence-corrected chi connectivity index (χ1v) is 5.76. The highest BCUT2D eigenvalue weighted by Crippen LogP contribution is 2.29. The molecule has 18 heavy (non-hydrogen) atoms. The predicted octanol–water partition coefficient (Wildman–Crippen LogP) is 1.54. The molecule has 98 valence electrons. The first-order valence-electron chi connectivity index (χ1n) is 4.97. The van der Waals surface area contributed by atoms with Crippen LogP contribution in [-0.4, -0.2) is 28.6 Å². The topological polar surface area (TPSA) is 116 Å². The van der Waals surface area contributed by atoms with Crippen LogP contribution < -0.4 is 10.5 Å². The SMILES string of the molecule is NC(CCOc1cc([N+](=O)[O-])ccc1Br)C(=O)O. The number of nitro groups is 1. The highest BCUT2D eigenvalue weighted by Gasteiger charge is 2.13. The van der Waals surface area contributed by atoms with Gasteiger partial charge in [-0.05, 0) is 22.0 Å². The Bertz CT molecular complexity index is 466. The zero-order valence-electron chi connectivity index (χ0n) is 9.21. The van der Waals surface area contributed by atoms with E-state index < -0.39 is 16.9 Å². The van der Waals surface area contributed by atoms with E-state index in [0.717, 1.165) is 0 Å². The number of ether oxygens (including phenoxy) is 1. The lowest BCUT2D eigenvalue weighted by atomic mass is 10.2. The first-order chi connectivity index (χ1) is 8.41. The third-order valence-corrected chi connectivity index (χ3v) is 2.78. The van der Waals surface area contributed by atoms with Gasteiger partial charge in [0.1, 0.15) is 11.8 Å². The molecule has 8 heteroatoms. The molecule has 7 nitrogen and oxygen atoms in total. The van der Waals surface area contributed by atoms with Crippen LogP contribution in [0.2, 0.25) is 0 Å². The quantitative estimate of drug-likeness (QED) is 0.607. The second-order valence-corrected chi connectivity index (χ2v) is 4.31. The summed E-state index contributed by atoms with van der Waals surface area (Å²) in [5.74, 6) is -0.835. The summed E-state index contributed by atoms with van der Waals surface area (Å²) in [5, 5.41) is 19.1. The van der Waals surface area contributed by atoms with Crippen molar-refractivity contribution in [3.63, 3.8) is 0 Å². The van der Waals surface area contributed by atoms with Crippen molar-refractivity contribution in [3.8, 4) is 5.75 Å². The molecule has 0 aliphatic carbocycles. The van der Waals surface area contributed by atoms with Crippen LogP contribution in [0, 0.1) is 10.1 Å². The molecule has 0 aromatic heterocycles. The maximum Gasteiger partial charge on any atom is 0.320 e. The van der Waals surface area contributed by atoms with Gasteiger partial charge in [0.05, 0.1) is 22.1 Å². The van der Waals surface area contributed by atoms with Gasteiger partial charge in [-0.25, -0.2) is 0 Å². The number of non-ortho nitro benzene ring substituents is 1. The summed E-state index contributed by atoms with van der Waals surface area (Å²) in [6.07, 6.45) is 0.116. The van der Waals surface area contributed by atoms with Gasteiger partial charge in [-0.15, -0.1) is 0 Å². The summed E-state index contributed by atoms with van der Waals surface area (Å²) in [7, 11) is 0. The number of carboxylic acids is 1. The molecule has 0 saturated heterocycles. The average Bonchev–Trinajstić information content (AvgIpc) is 2.30. The minimum Gasteiger partial charge on any atom is -0.492 e. The fraction of sp³-hybridized carbons (Fsp3) is 0.300. The molecule has 0 spiro atoms. The number of benzene rings is 1. The number of carbonyl (C=O) groups is 1. The third-order valence-electron chi connectivity index (χ3n) is 2.13. The van der Waals surface area contributed by atoms with Gasteiger partial charge in [0.2, 0.25) is 0 Å². The first kappa shape index (κ1) is 14.4. The van der Waals surface area contributed by atoms with Crippen LogP contribution in [0.5, 0.6) is 5.75 Å². The van der Waals surface area contributed by atoms with Crippen LogP contribution in [0.4, 0.5) is 5.69 Å². The molecule has 0 heterocycles. The average molecular weight is 319 g/mol. The van der Waals surface area contributed by atoms with E-state index in [4.69, 9.17) is 15.6 Å². The minimum absolute atomic E-state index is 0.0627. The van der Waals surface area contributed by atoms with Gasteiger partial charge in [-0.3, -0.25) is 14.9 Å². The van der Waals surface area contributed by atoms with Crippen molar-refractivity contribution >= 4 is 27.6 Å². The van der Waals surface area contributed by atoms with Crippen LogP contribution in [-0.2, 0) is 4.79 Å². The molecule has 0 aliphatic rings. The maximum absolute atomic E-state index is 10.6. The van der Waals surface area contributed by atoms with Crippen molar-refractivity contribution in [3.05, 3.63) is 32.8 Å². The molecule has 0 bridgehead atoms. The lowest BCUT2D eigenvalue weighted by Gasteiger charge is -2.09. The van der Waals surface area contributed by atoms with Crippen molar-refractivity contribution in [2.45, 2.75) is 12.5 Å². The van der Waals surface area contributed by atoms with E-state index in [1.165, 1.54) is 18.2 Å². The molecule has 1 aromatic carbocycles. The van der Waals surface area contributed by atoms with Crippen molar-refractivity contribution in [2.24, 2.45) is 5.73 Å². The Morgan fingerprint density at radius 3 is 2.83 bits per heavy atom. The summed E-state index contributed by atoms with van der Waals surface area (Å²) in [6, 6.07) is 3.07. The smallest absolute Gasteiger partial charge is 0.320 e. The van der Waals surface area contributed by atoms with E-state index in [2.05, 4.69) is 15.9 Å². The normalized spacial score (nSPS) is 11.9. The Labute approximate surface area is 111 Å². The molecule has 0 aliphatic heterocycles. The largest absolute Gasteiger partial charge is 0.492 e. The van der Waals surface area contributed by atoms with Crippen molar-refractivity contribution < 1.29 is 19.6 Å². The molecule has 0 fully saturated rings. The third kappa shape index (κ3) is 3.97. The molecular formula is C10H11BrN2O5. The van der Waals surface area contributed by atoms with E-state index in [9.17, 15) is 14.9 Å². The molecular weight excluding hydrogens is 308 g/mol. The predicted molar refractivity (Wildman–Crippen MR) is 66.5 cm³/mol. The number of hydrogen-bond donors (Lipinski definition) is 2. The van der Waals surface area contributed by atoms with Gasteiger partial charge >= 0.3 is 5.97 Å². The molecule has 1 unspecified atom stereocenters. The Kier molecular flexibility index (Phi) is 5.05. The van der Waals surface area contributed by atoms with Gasteiger partial charge in [-0.1, -0.05) is 0 Å². The van der Waals surface area contributed by atoms with Crippen LogP contribution in [0.15, 0.2) is 22.7 Å². The molecule has 0 saturated carbocycles. The fourth-order valence-corrected chi connectivity index (χ4v) is 1.50. The zero-order valence-corrected chi connectivity index (χ0v) is 10.8. The van der Waals surface area contributed by atoms with E-state index >= 15 is 0 Å². The number of nitrogens with zero attached hydrogens (tertiary/aromatic N) is 1. The monoisotopic (exact) mass is 318 g/mol. The maximum atomic E-state index is 10.6. The molecule has 3 N–H and O–H groups in total. The number of rotatable bonds is 6. The standard InChI is InChI=1S/C10H11BrN2O5/c11-7-2-1-6(13(16)17)5-9(7)18-4-3-8(12)10(14)15/h1-2,5,8H,3-4,12H2,(H,14,15). The highest BCUT2D eigenvalue weighted by atomic mass is 79.9. The van der Waals surface area contributed by atoms with E-state index in [0.29, 0.717) is 4.47 Å². The zero-order chi connectivity index (χ0) is 13.7. The lowest BCUT2D eigenvalue weighted by Crippen LogP contribution is -2.31. The van der Waals surface area contributed by atoms with Crippen LogP contribution in [0.1, 0.15) is 6.42 Å². The van der Waals surface area contributed by atoms with Crippen molar-refractivity contribution in [1.29, 1.82) is 0 Å². The molecule has 1 rings (SSSR count). The van der Waals surface area contributed by atoms with Gasteiger partial charge in [0.15, 0.2) is 0 Å². The van der Waals surface area contributed by atoms with E-state index in [1.54, 1.807) is 0 Å². The summed E-state index contributed by atoms with van der Waals surface area (Å²) in [6.45, 7) is 0.0627. The molecule has 1 atom stereocenters. The number of nitro benzene ring substituents is 1. The lowest BCUT2D eigenvalue weighted by molar-refractivity contribution is -0.385. The van der Waals surface area contributed by atoms with Crippen molar-refractivity contribution in [1.82, 2.24) is 0 Å². The molecule has 1 aromatic rings. The fourth-order valence-electron chi connectivity index (χ4n) is 1.14. The Morgan fingerprint density at radius 1 is 1.61 bits per heavy atom. The summed E-state index contributed by atoms with van der Waals surface area (Å²) in [4.78, 5) is 20.5. The van der Waals surface area contributed by atoms with Crippen LogP contribution in [0.3, 0.4) is 0 Å². The van der Waals surface area contributed by atoms with Crippen molar-refractivity contribution in [2.75, 3.05) is 6.61 Å². The molecule has 0 amide bonds. The number of carboxylic acid groups (broad SMARTS) is 1. The number of hydrogen-bond acceptors (Lipinski definition) is 5. The van der Waals surface area contributed by atoms with Gasteiger partial charge in [0, 0.05) is 12.5 Å². The summed E-state index contributed by atoms with van der Waals surface area (Å²) >= 11 is 3.18. The second kappa shape index (κ2) is 6.31. The van der Waals surface area contributed by atoms with E-state index in [-0.39, 0.29) is 24.5 Å². The van der Waals surface area contributed by atoms with Gasteiger partial charge in [-0.2, -0.15) is 0 Å². The Hall–Kier alpha value is -1.67. The molecule has 0 radical (unpaired) electrons. The van der Waals surface area contributed by atoms with Crippen LogP contribution in [0.25, 0.3) is 0 Å². The second-order valence-electron chi connectivity index (χ2n) is 3.45.